The van der Waals surface area contributed by atoms with Crippen LogP contribution in [0.4, 0.5) is 5.95 Å². The van der Waals surface area contributed by atoms with E-state index >= 15 is 0 Å². The molecule has 3 heterocycles. The van der Waals surface area contributed by atoms with Crippen molar-refractivity contribution in [3.05, 3.63) is 49.3 Å². The molecule has 0 spiro atoms. The number of nitrogens with two attached hydrogens (primary N) is 1. The molecule has 3 aromatic rings. The number of rotatable bonds is 2. The maximum atomic E-state index is 11.2. The fraction of sp³-hybridized carbons (Fsp3) is 0.250. The van der Waals surface area contributed by atoms with Crippen molar-refractivity contribution >= 4 is 17.1 Å². The second kappa shape index (κ2) is 6.70. The third-order valence-electron chi connectivity index (χ3n) is 2.86. The molecule has 0 bridgehead atoms. The van der Waals surface area contributed by atoms with Gasteiger partial charge in [0, 0.05) is 25.4 Å². The van der Waals surface area contributed by atoms with Crippen molar-refractivity contribution in [1.82, 2.24) is 34.8 Å². The highest BCUT2D eigenvalue weighted by molar-refractivity contribution is 5.70. The number of hydrogen-bond donors (Lipinski definition) is 5. The highest BCUT2D eigenvalue weighted by Crippen LogP contribution is 2.02. The zero-order chi connectivity index (χ0) is 17.0. The second-order valence-corrected chi connectivity index (χ2v) is 4.61. The lowest BCUT2D eigenvalue weighted by atomic mass is 10.3. The van der Waals surface area contributed by atoms with Gasteiger partial charge in [0.25, 0.3) is 11.1 Å². The lowest BCUT2D eigenvalue weighted by molar-refractivity contribution is 0.791. The Morgan fingerprint density at radius 1 is 1.26 bits per heavy atom. The van der Waals surface area contributed by atoms with Crippen molar-refractivity contribution < 1.29 is 0 Å². The lowest BCUT2D eigenvalue weighted by Gasteiger charge is -1.95. The minimum absolute atomic E-state index is 0.0891. The summed E-state index contributed by atoms with van der Waals surface area (Å²) in [5, 5.41) is 2.80. The third-order valence-corrected chi connectivity index (χ3v) is 2.86. The molecule has 0 radical (unpaired) electrons. The maximum absolute atomic E-state index is 11.2. The number of nitrogens with zero attached hydrogens (tertiary/aromatic N) is 3. The molecule has 0 aliphatic rings. The zero-order valence-corrected chi connectivity index (χ0v) is 12.5. The van der Waals surface area contributed by atoms with Gasteiger partial charge < -0.3 is 20.6 Å². The van der Waals surface area contributed by atoms with Gasteiger partial charge in [-0.25, -0.2) is 9.78 Å². The summed E-state index contributed by atoms with van der Waals surface area (Å²) in [6.45, 7) is 0.451. The number of hydrogen-bond acceptors (Lipinski definition) is 7. The van der Waals surface area contributed by atoms with Crippen LogP contribution in [0.15, 0.2) is 26.9 Å². The van der Waals surface area contributed by atoms with Crippen LogP contribution in [-0.2, 0) is 13.6 Å². The van der Waals surface area contributed by atoms with Crippen molar-refractivity contribution in [2.45, 2.75) is 6.54 Å². The molecular weight excluding hydrogens is 304 g/mol. The van der Waals surface area contributed by atoms with Crippen LogP contribution in [0, 0.1) is 0 Å². The van der Waals surface area contributed by atoms with Crippen molar-refractivity contribution in [1.29, 1.82) is 0 Å². The second-order valence-electron chi connectivity index (χ2n) is 4.61. The summed E-state index contributed by atoms with van der Waals surface area (Å²) in [6, 6.07) is 0. The van der Waals surface area contributed by atoms with Gasteiger partial charge in [0.2, 0.25) is 5.95 Å². The molecule has 0 saturated heterocycles. The number of aryl methyl sites for hydroxylation is 1. The highest BCUT2D eigenvalue weighted by atomic mass is 16.2. The topological polar surface area (TPSA) is 167 Å². The van der Waals surface area contributed by atoms with Gasteiger partial charge in [-0.05, 0) is 7.05 Å². The van der Waals surface area contributed by atoms with E-state index in [1.807, 2.05) is 0 Å². The quantitative estimate of drug-likeness (QED) is 0.364. The zero-order valence-electron chi connectivity index (χ0n) is 12.5. The molecule has 0 unspecified atom stereocenters. The van der Waals surface area contributed by atoms with Crippen molar-refractivity contribution in [3.63, 3.8) is 0 Å². The van der Waals surface area contributed by atoms with E-state index in [0.29, 0.717) is 23.3 Å². The maximum Gasteiger partial charge on any atom is 0.325 e. The van der Waals surface area contributed by atoms with E-state index in [-0.39, 0.29) is 17.1 Å². The van der Waals surface area contributed by atoms with E-state index in [2.05, 4.69) is 30.2 Å². The van der Waals surface area contributed by atoms with Crippen LogP contribution in [-0.4, -0.2) is 36.5 Å². The smallest absolute Gasteiger partial charge is 0.325 e. The molecule has 0 fully saturated rings. The van der Waals surface area contributed by atoms with Crippen molar-refractivity contribution in [2.24, 2.45) is 7.05 Å². The average Bonchev–Trinajstić information content (AvgIpc) is 2.84. The van der Waals surface area contributed by atoms with E-state index in [0.717, 1.165) is 0 Å². The standard InChI is InChI=1S/C6H7N5O.C6H9N3O2/c1-11-2-8-4-3(11)5(12)10-6(7)9-4;1-7-2-4-3-8-6(11)9-5(4)10/h2H,1H3,(H3,7,9,10,12);3,7H,2H2,1H3,(H2,8,9,10,11). The summed E-state index contributed by atoms with van der Waals surface area (Å²) >= 11 is 0. The molecule has 122 valence electrons. The Kier molecular flexibility index (Phi) is 4.71. The fourth-order valence-corrected chi connectivity index (χ4v) is 1.84. The van der Waals surface area contributed by atoms with Gasteiger partial charge in [0.15, 0.2) is 11.2 Å². The Hall–Kier alpha value is -3.21. The molecule has 0 saturated carbocycles. The number of H-pyrrole nitrogens is 3. The highest BCUT2D eigenvalue weighted by Gasteiger charge is 2.05. The first-order valence-electron chi connectivity index (χ1n) is 6.54. The molecule has 11 nitrogen and oxygen atoms in total. The van der Waals surface area contributed by atoms with E-state index in [9.17, 15) is 14.4 Å². The van der Waals surface area contributed by atoms with Gasteiger partial charge >= 0.3 is 5.69 Å². The monoisotopic (exact) mass is 320 g/mol. The Morgan fingerprint density at radius 2 is 2.00 bits per heavy atom. The minimum Gasteiger partial charge on any atom is -0.369 e. The first kappa shape index (κ1) is 16.2. The largest absolute Gasteiger partial charge is 0.369 e. The molecule has 11 heteroatoms. The first-order chi connectivity index (χ1) is 10.9. The fourth-order valence-electron chi connectivity index (χ4n) is 1.84. The summed E-state index contributed by atoms with van der Waals surface area (Å²) < 4.78 is 1.60. The summed E-state index contributed by atoms with van der Waals surface area (Å²) in [5.41, 5.74) is 5.56. The Bertz CT molecular complexity index is 980. The molecule has 3 aromatic heterocycles. The first-order valence-corrected chi connectivity index (χ1v) is 6.54. The van der Waals surface area contributed by atoms with Crippen molar-refractivity contribution in [3.8, 4) is 0 Å². The third kappa shape index (κ3) is 3.71. The summed E-state index contributed by atoms with van der Waals surface area (Å²) in [4.78, 5) is 47.3. The van der Waals surface area contributed by atoms with E-state index in [1.54, 1.807) is 18.7 Å². The predicted molar refractivity (Wildman–Crippen MR) is 84.0 cm³/mol. The molecule has 0 aliphatic carbocycles. The van der Waals surface area contributed by atoms with Gasteiger partial charge in [0.1, 0.15) is 0 Å². The van der Waals surface area contributed by atoms with Gasteiger partial charge in [-0.1, -0.05) is 0 Å². The number of aromatic nitrogens is 6. The van der Waals surface area contributed by atoms with Crippen LogP contribution in [0.3, 0.4) is 0 Å². The number of imidazole rings is 1. The molecule has 3 rings (SSSR count). The molecule has 0 aromatic carbocycles. The van der Waals surface area contributed by atoms with Crippen LogP contribution in [0.1, 0.15) is 5.56 Å². The predicted octanol–water partition coefficient (Wildman–Crippen LogP) is -1.98. The van der Waals surface area contributed by atoms with Crippen LogP contribution in [0.25, 0.3) is 11.2 Å². The minimum atomic E-state index is -0.477. The van der Waals surface area contributed by atoms with E-state index < -0.39 is 5.69 Å². The molecule has 6 N–H and O–H groups in total. The van der Waals surface area contributed by atoms with Gasteiger partial charge in [-0.15, -0.1) is 0 Å². The average molecular weight is 320 g/mol. The van der Waals surface area contributed by atoms with Crippen LogP contribution in [0.5, 0.6) is 0 Å². The number of fused-ring (bicyclic) bond motifs is 1. The summed E-state index contributed by atoms with van der Waals surface area (Å²) in [5.74, 6) is 0.0891. The molecule has 23 heavy (non-hydrogen) atoms. The van der Waals surface area contributed by atoms with Gasteiger partial charge in [-0.2, -0.15) is 4.98 Å². The van der Waals surface area contributed by atoms with Crippen LogP contribution < -0.4 is 27.9 Å². The van der Waals surface area contributed by atoms with Crippen LogP contribution in [0.2, 0.25) is 0 Å². The summed E-state index contributed by atoms with van der Waals surface area (Å²) in [7, 11) is 3.45. The molecule has 0 aliphatic heterocycles. The Balaban J connectivity index is 0.000000168. The number of nitrogen functional groups attached to an aromatic ring is 1. The van der Waals surface area contributed by atoms with E-state index in [1.165, 1.54) is 12.5 Å². The van der Waals surface area contributed by atoms with Crippen molar-refractivity contribution in [2.75, 3.05) is 12.8 Å². The Morgan fingerprint density at radius 3 is 2.65 bits per heavy atom. The molecule has 0 atom stereocenters. The summed E-state index contributed by atoms with van der Waals surface area (Å²) in [6.07, 6.45) is 2.92. The van der Waals surface area contributed by atoms with Crippen LogP contribution >= 0.6 is 0 Å². The SMILES string of the molecule is CNCc1c[nH]c(=O)[nH]c1=O.Cn1cnc2nc(N)[nH]c(=O)c21. The van der Waals surface area contributed by atoms with Gasteiger partial charge in [-0.3, -0.25) is 19.6 Å². The number of nitrogens with one attached hydrogen (secondary N) is 4. The molecule has 0 amide bonds. The van der Waals surface area contributed by atoms with Gasteiger partial charge in [0.05, 0.1) is 6.33 Å². The number of anilines is 1. The number of aromatic amines is 3. The molecular formula is C12H16N8O3. The normalized spacial score (nSPS) is 10.3. The van der Waals surface area contributed by atoms with E-state index in [4.69, 9.17) is 5.73 Å². The lowest BCUT2D eigenvalue weighted by Crippen LogP contribution is -2.26. The Labute approximate surface area is 128 Å².